The van der Waals surface area contributed by atoms with Gasteiger partial charge in [-0.2, -0.15) is 5.10 Å². The first-order valence-electron chi connectivity index (χ1n) is 8.96. The molecule has 0 saturated carbocycles. The molecule has 1 saturated heterocycles. The largest absolute Gasteiger partial charge is 0.394 e. The van der Waals surface area contributed by atoms with Crippen LogP contribution in [-0.2, 0) is 4.74 Å². The third kappa shape index (κ3) is 3.51. The number of hydrogen-bond acceptors (Lipinski definition) is 10. The van der Waals surface area contributed by atoms with Crippen LogP contribution in [0.3, 0.4) is 0 Å². The average molecular weight is 399 g/mol. The number of hydrazone groups is 1. The Morgan fingerprint density at radius 3 is 2.69 bits per heavy atom. The Kier molecular flexibility index (Phi) is 5.11. The van der Waals surface area contributed by atoms with Gasteiger partial charge < -0.3 is 25.8 Å². The Labute approximate surface area is 165 Å². The summed E-state index contributed by atoms with van der Waals surface area (Å²) in [6.07, 6.45) is -1.73. The number of nitrogen functional groups attached to an aromatic ring is 1. The Morgan fingerprint density at radius 1 is 1.24 bits per heavy atom. The molecule has 29 heavy (non-hydrogen) atoms. The lowest BCUT2D eigenvalue weighted by molar-refractivity contribution is -0.0501. The molecule has 0 amide bonds. The summed E-state index contributed by atoms with van der Waals surface area (Å²) >= 11 is 0. The summed E-state index contributed by atoms with van der Waals surface area (Å²) in [5.74, 6) is 0.330. The predicted octanol–water partition coefficient (Wildman–Crippen LogP) is -0.226. The molecule has 0 spiro atoms. The molecule has 1 aliphatic rings. The number of nitrogens with zero attached hydrogens (tertiary/aromatic N) is 5. The van der Waals surface area contributed by atoms with Gasteiger partial charge in [-0.3, -0.25) is 4.57 Å². The summed E-state index contributed by atoms with van der Waals surface area (Å²) in [6.45, 7) is 1.54. The van der Waals surface area contributed by atoms with E-state index in [1.165, 1.54) is 10.9 Å². The summed E-state index contributed by atoms with van der Waals surface area (Å²) in [5, 5.41) is 34.1. The molecule has 152 valence electrons. The molecule has 11 heteroatoms. The number of aryl methyl sites for hydroxylation is 1. The van der Waals surface area contributed by atoms with E-state index in [-0.39, 0.29) is 11.8 Å². The van der Waals surface area contributed by atoms with Gasteiger partial charge in [-0.25, -0.2) is 20.4 Å². The first-order valence-corrected chi connectivity index (χ1v) is 8.96. The normalized spacial score (nSPS) is 24.6. The number of nitrogens with one attached hydrogen (secondary N) is 1. The Morgan fingerprint density at radius 2 is 2.00 bits per heavy atom. The van der Waals surface area contributed by atoms with Crippen molar-refractivity contribution in [1.82, 2.24) is 19.5 Å². The molecule has 0 bridgehead atoms. The second-order valence-electron chi connectivity index (χ2n) is 6.75. The van der Waals surface area contributed by atoms with E-state index in [2.05, 4.69) is 25.5 Å². The molecule has 3 aromatic rings. The van der Waals surface area contributed by atoms with Crippen molar-refractivity contribution >= 4 is 29.1 Å². The monoisotopic (exact) mass is 399 g/mol. The van der Waals surface area contributed by atoms with Gasteiger partial charge in [0.25, 0.3) is 0 Å². The molecule has 0 aliphatic carbocycles. The minimum absolute atomic E-state index is 0.144. The third-order valence-electron chi connectivity index (χ3n) is 4.73. The van der Waals surface area contributed by atoms with Crippen molar-refractivity contribution in [2.24, 2.45) is 5.10 Å². The Hall–Kier alpha value is -3.12. The fourth-order valence-electron chi connectivity index (χ4n) is 3.16. The first kappa shape index (κ1) is 19.2. The van der Waals surface area contributed by atoms with Crippen LogP contribution in [0.15, 0.2) is 35.7 Å². The summed E-state index contributed by atoms with van der Waals surface area (Å²) in [6, 6.07) is 7.76. The van der Waals surface area contributed by atoms with Gasteiger partial charge in [-0.1, -0.05) is 29.8 Å². The van der Waals surface area contributed by atoms with Crippen molar-refractivity contribution in [2.45, 2.75) is 31.5 Å². The molecule has 4 unspecified atom stereocenters. The second-order valence-corrected chi connectivity index (χ2v) is 6.75. The predicted molar refractivity (Wildman–Crippen MR) is 105 cm³/mol. The lowest BCUT2D eigenvalue weighted by Crippen LogP contribution is -2.33. The number of rotatable bonds is 5. The summed E-state index contributed by atoms with van der Waals surface area (Å²) < 4.78 is 7.06. The lowest BCUT2D eigenvalue weighted by atomic mass is 10.1. The van der Waals surface area contributed by atoms with Crippen LogP contribution in [-0.4, -0.2) is 66.0 Å². The minimum Gasteiger partial charge on any atom is -0.394 e. The molecule has 4 rings (SSSR count). The van der Waals surface area contributed by atoms with E-state index < -0.39 is 31.1 Å². The fourth-order valence-corrected chi connectivity index (χ4v) is 3.16. The van der Waals surface area contributed by atoms with E-state index in [1.807, 2.05) is 31.2 Å². The number of ether oxygens (including phenoxy) is 1. The highest BCUT2D eigenvalue weighted by molar-refractivity contribution is 5.84. The topological polar surface area (TPSA) is 164 Å². The third-order valence-corrected chi connectivity index (χ3v) is 4.73. The number of benzene rings is 1. The quantitative estimate of drug-likeness (QED) is 0.288. The van der Waals surface area contributed by atoms with Crippen molar-refractivity contribution in [3.63, 3.8) is 0 Å². The molecule has 4 atom stereocenters. The Bertz CT molecular complexity index is 1040. The highest BCUT2D eigenvalue weighted by Gasteiger charge is 2.45. The summed E-state index contributed by atoms with van der Waals surface area (Å²) in [4.78, 5) is 12.5. The summed E-state index contributed by atoms with van der Waals surface area (Å²) in [5.41, 5.74) is 11.3. The number of aliphatic hydroxyl groups is 3. The van der Waals surface area contributed by atoms with Gasteiger partial charge in [-0.05, 0) is 12.5 Å². The van der Waals surface area contributed by atoms with Crippen molar-refractivity contribution in [1.29, 1.82) is 0 Å². The van der Waals surface area contributed by atoms with E-state index in [1.54, 1.807) is 6.21 Å². The number of hydrogen-bond donors (Lipinski definition) is 5. The number of fused-ring (bicyclic) bond motifs is 1. The highest BCUT2D eigenvalue weighted by Crippen LogP contribution is 2.35. The average Bonchev–Trinajstić information content (AvgIpc) is 3.22. The molecule has 0 radical (unpaired) electrons. The molecule has 1 fully saturated rings. The van der Waals surface area contributed by atoms with Crippen LogP contribution in [0.5, 0.6) is 0 Å². The van der Waals surface area contributed by atoms with Crippen LogP contribution >= 0.6 is 0 Å². The standard InChI is InChI=1S/C18H21N7O4/c1-9-2-4-10(5-3-9)6-22-24-18-23-12-15(19)20-8-21-16(12)25(18)17-14(28)13(27)11(7-26)29-17/h2-6,8,11,13-14,17,26-28H,7H2,1H3,(H,23,24)(H2,19,20,21). The van der Waals surface area contributed by atoms with Gasteiger partial charge >= 0.3 is 0 Å². The maximum Gasteiger partial charge on any atom is 0.228 e. The van der Waals surface area contributed by atoms with Crippen LogP contribution in [0.1, 0.15) is 17.4 Å². The van der Waals surface area contributed by atoms with Gasteiger partial charge in [0.2, 0.25) is 5.95 Å². The zero-order valence-electron chi connectivity index (χ0n) is 15.5. The van der Waals surface area contributed by atoms with Gasteiger partial charge in [0.1, 0.15) is 24.6 Å². The summed E-state index contributed by atoms with van der Waals surface area (Å²) in [7, 11) is 0. The number of imidazole rings is 1. The molecule has 11 nitrogen and oxygen atoms in total. The van der Waals surface area contributed by atoms with E-state index in [0.29, 0.717) is 11.2 Å². The molecular weight excluding hydrogens is 378 g/mol. The van der Waals surface area contributed by atoms with Crippen LogP contribution in [0.25, 0.3) is 11.2 Å². The molecule has 3 heterocycles. The molecule has 2 aromatic heterocycles. The van der Waals surface area contributed by atoms with E-state index in [4.69, 9.17) is 10.5 Å². The second kappa shape index (κ2) is 7.72. The van der Waals surface area contributed by atoms with Crippen LogP contribution in [0.4, 0.5) is 11.8 Å². The maximum atomic E-state index is 10.4. The highest BCUT2D eigenvalue weighted by atomic mass is 16.6. The molecule has 6 N–H and O–H groups in total. The van der Waals surface area contributed by atoms with Crippen molar-refractivity contribution in [3.8, 4) is 0 Å². The molecule has 1 aromatic carbocycles. The van der Waals surface area contributed by atoms with E-state index in [9.17, 15) is 15.3 Å². The van der Waals surface area contributed by atoms with Gasteiger partial charge in [0, 0.05) is 0 Å². The zero-order chi connectivity index (χ0) is 20.5. The number of aromatic nitrogens is 4. The maximum absolute atomic E-state index is 10.4. The van der Waals surface area contributed by atoms with Crippen molar-refractivity contribution in [3.05, 3.63) is 41.7 Å². The minimum atomic E-state index is -1.32. The number of nitrogens with two attached hydrogens (primary N) is 1. The molecular formula is C18H21N7O4. The van der Waals surface area contributed by atoms with Crippen LogP contribution < -0.4 is 11.2 Å². The van der Waals surface area contributed by atoms with Crippen LogP contribution in [0, 0.1) is 6.92 Å². The van der Waals surface area contributed by atoms with E-state index in [0.717, 1.165) is 11.1 Å². The Balaban J connectivity index is 1.71. The molecule has 1 aliphatic heterocycles. The number of anilines is 2. The van der Waals surface area contributed by atoms with Gasteiger partial charge in [0.05, 0.1) is 12.8 Å². The SMILES string of the molecule is Cc1ccc(C=NNc2nc3c(N)ncnc3n2C2OC(CO)C(O)C2O)cc1. The zero-order valence-corrected chi connectivity index (χ0v) is 15.5. The smallest absolute Gasteiger partial charge is 0.228 e. The lowest BCUT2D eigenvalue weighted by Gasteiger charge is -2.18. The van der Waals surface area contributed by atoms with Crippen molar-refractivity contribution < 1.29 is 20.1 Å². The van der Waals surface area contributed by atoms with Crippen molar-refractivity contribution in [2.75, 3.05) is 17.8 Å². The van der Waals surface area contributed by atoms with Gasteiger partial charge in [0.15, 0.2) is 23.2 Å². The van der Waals surface area contributed by atoms with E-state index >= 15 is 0 Å². The van der Waals surface area contributed by atoms with Gasteiger partial charge in [-0.15, -0.1) is 0 Å². The first-order chi connectivity index (χ1) is 14.0. The fraction of sp³-hybridized carbons (Fsp3) is 0.333. The van der Waals surface area contributed by atoms with Crippen LogP contribution in [0.2, 0.25) is 0 Å². The number of aliphatic hydroxyl groups excluding tert-OH is 3.